The van der Waals surface area contributed by atoms with Crippen molar-refractivity contribution in [2.75, 3.05) is 30.3 Å². The fourth-order valence-corrected chi connectivity index (χ4v) is 4.53. The Kier molecular flexibility index (Phi) is 7.69. The van der Waals surface area contributed by atoms with Crippen LogP contribution >= 0.6 is 23.4 Å². The van der Waals surface area contributed by atoms with E-state index in [9.17, 15) is 14.0 Å². The van der Waals surface area contributed by atoms with Crippen molar-refractivity contribution in [3.63, 3.8) is 0 Å². The first-order chi connectivity index (χ1) is 16.4. The molecule has 2 amide bonds. The van der Waals surface area contributed by atoms with Crippen molar-refractivity contribution in [1.82, 2.24) is 20.2 Å². The molecule has 8 nitrogen and oxygen atoms in total. The van der Waals surface area contributed by atoms with Crippen molar-refractivity contribution < 1.29 is 18.4 Å². The van der Waals surface area contributed by atoms with E-state index in [-0.39, 0.29) is 34.6 Å². The van der Waals surface area contributed by atoms with Crippen LogP contribution < -0.4 is 10.2 Å². The number of piperazine rings is 1. The van der Waals surface area contributed by atoms with Gasteiger partial charge in [0.25, 0.3) is 5.91 Å². The Morgan fingerprint density at radius 1 is 1.24 bits per heavy atom. The number of amides is 2. The van der Waals surface area contributed by atoms with Gasteiger partial charge >= 0.3 is 0 Å². The van der Waals surface area contributed by atoms with Crippen LogP contribution in [-0.2, 0) is 11.3 Å². The summed E-state index contributed by atoms with van der Waals surface area (Å²) in [5.74, 6) is 0.762. The van der Waals surface area contributed by atoms with E-state index in [1.54, 1.807) is 29.4 Å². The molecule has 2 aromatic heterocycles. The molecule has 0 bridgehead atoms. The summed E-state index contributed by atoms with van der Waals surface area (Å²) in [5, 5.41) is 3.45. The number of nitrogens with one attached hydrogen (secondary N) is 1. The molecule has 3 heterocycles. The maximum atomic E-state index is 13.2. The quantitative estimate of drug-likeness (QED) is 0.299. The molecule has 0 aliphatic carbocycles. The van der Waals surface area contributed by atoms with E-state index >= 15 is 0 Å². The number of aromatic nitrogens is 2. The van der Waals surface area contributed by atoms with Crippen LogP contribution in [0.5, 0.6) is 0 Å². The van der Waals surface area contributed by atoms with Gasteiger partial charge in [0, 0.05) is 37.3 Å². The van der Waals surface area contributed by atoms with Gasteiger partial charge in [-0.15, -0.1) is 0 Å². The average Bonchev–Trinajstić information content (AvgIpc) is 3.35. The van der Waals surface area contributed by atoms with E-state index in [1.807, 2.05) is 11.8 Å². The highest BCUT2D eigenvalue weighted by atomic mass is 35.5. The van der Waals surface area contributed by atoms with Gasteiger partial charge in [0.15, 0.2) is 5.16 Å². The monoisotopic (exact) mass is 503 g/mol. The Morgan fingerprint density at radius 3 is 2.74 bits per heavy atom. The number of anilines is 1. The molecule has 0 spiro atoms. The van der Waals surface area contributed by atoms with E-state index in [4.69, 9.17) is 16.0 Å². The zero-order valence-electron chi connectivity index (χ0n) is 18.4. The summed E-state index contributed by atoms with van der Waals surface area (Å²) in [6.45, 7) is 3.85. The molecule has 11 heteroatoms. The molecule has 1 aromatic carbocycles. The lowest BCUT2D eigenvalue weighted by molar-refractivity contribution is -0.118. The number of hydrogen-bond donors (Lipinski definition) is 1. The maximum absolute atomic E-state index is 13.2. The lowest BCUT2D eigenvalue weighted by Gasteiger charge is -2.40. The predicted molar refractivity (Wildman–Crippen MR) is 127 cm³/mol. The number of carbonyl (C=O) groups excluding carboxylic acids is 2. The fraction of sp³-hybridized carbons (Fsp3) is 0.304. The van der Waals surface area contributed by atoms with Crippen molar-refractivity contribution in [3.8, 4) is 0 Å². The van der Waals surface area contributed by atoms with Crippen LogP contribution in [0.3, 0.4) is 0 Å². The van der Waals surface area contributed by atoms with Gasteiger partial charge in [0.05, 0.1) is 18.6 Å². The molecular formula is C23H23ClFN5O3S. The summed E-state index contributed by atoms with van der Waals surface area (Å²) >= 11 is 7.41. The van der Waals surface area contributed by atoms with E-state index < -0.39 is 0 Å². The number of carbonyl (C=O) groups is 2. The average molecular weight is 504 g/mol. The van der Waals surface area contributed by atoms with Crippen molar-refractivity contribution >= 4 is 41.0 Å². The highest BCUT2D eigenvalue weighted by Crippen LogP contribution is 2.24. The Hall–Kier alpha value is -3.11. The molecule has 0 radical (unpaired) electrons. The molecule has 1 atom stereocenters. The predicted octanol–water partition coefficient (Wildman–Crippen LogP) is 3.62. The van der Waals surface area contributed by atoms with Crippen molar-refractivity contribution in [2.24, 2.45) is 0 Å². The van der Waals surface area contributed by atoms with Crippen LogP contribution in [0.15, 0.2) is 58.3 Å². The van der Waals surface area contributed by atoms with Crippen LogP contribution in [-0.4, -0.2) is 58.1 Å². The van der Waals surface area contributed by atoms with Gasteiger partial charge < -0.3 is 19.5 Å². The topological polar surface area (TPSA) is 91.6 Å². The first kappa shape index (κ1) is 24.0. The second-order valence-corrected chi connectivity index (χ2v) is 9.11. The van der Waals surface area contributed by atoms with Crippen LogP contribution in [0.1, 0.15) is 23.0 Å². The number of benzene rings is 1. The fourth-order valence-electron chi connectivity index (χ4n) is 3.62. The van der Waals surface area contributed by atoms with Crippen LogP contribution in [0.25, 0.3) is 0 Å². The van der Waals surface area contributed by atoms with Gasteiger partial charge in [-0.05, 0) is 43.3 Å². The van der Waals surface area contributed by atoms with Crippen molar-refractivity contribution in [1.29, 1.82) is 0 Å². The molecule has 1 unspecified atom stereocenters. The molecule has 34 heavy (non-hydrogen) atoms. The highest BCUT2D eigenvalue weighted by Gasteiger charge is 2.29. The van der Waals surface area contributed by atoms with Gasteiger partial charge in [0.1, 0.15) is 22.5 Å². The first-order valence-corrected chi connectivity index (χ1v) is 12.0. The second kappa shape index (κ2) is 10.9. The van der Waals surface area contributed by atoms with Crippen LogP contribution in [0, 0.1) is 5.82 Å². The molecule has 1 aliphatic heterocycles. The standard InChI is InChI=1S/C23H23ClFN5O3S/c1-15-13-29(8-9-30(15)22(32)16-4-6-17(25)7-5-16)20-11-19(24)27-23(28-20)34-14-21(31)26-12-18-3-2-10-33-18/h2-7,10-11,15H,8-9,12-14H2,1H3,(H,26,31). The minimum atomic E-state index is -0.376. The molecule has 4 rings (SSSR count). The highest BCUT2D eigenvalue weighted by molar-refractivity contribution is 7.99. The molecule has 1 fully saturated rings. The SMILES string of the molecule is CC1CN(c2cc(Cl)nc(SCC(=O)NCc3ccco3)n2)CCN1C(=O)c1ccc(F)cc1. The minimum absolute atomic E-state index is 0.0940. The third kappa shape index (κ3) is 6.06. The number of furan rings is 1. The lowest BCUT2D eigenvalue weighted by Crippen LogP contribution is -2.54. The summed E-state index contributed by atoms with van der Waals surface area (Å²) < 4.78 is 18.4. The van der Waals surface area contributed by atoms with E-state index in [2.05, 4.69) is 15.3 Å². The van der Waals surface area contributed by atoms with E-state index in [1.165, 1.54) is 36.0 Å². The lowest BCUT2D eigenvalue weighted by atomic mass is 10.1. The maximum Gasteiger partial charge on any atom is 0.254 e. The molecule has 1 aliphatic rings. The smallest absolute Gasteiger partial charge is 0.254 e. The van der Waals surface area contributed by atoms with Gasteiger partial charge in [-0.25, -0.2) is 14.4 Å². The number of halogens is 2. The summed E-state index contributed by atoms with van der Waals surface area (Å²) in [6.07, 6.45) is 1.55. The van der Waals surface area contributed by atoms with Gasteiger partial charge in [-0.3, -0.25) is 9.59 Å². The summed E-state index contributed by atoms with van der Waals surface area (Å²) in [6, 6.07) is 10.7. The van der Waals surface area contributed by atoms with Crippen LogP contribution in [0.4, 0.5) is 10.2 Å². The van der Waals surface area contributed by atoms with Crippen LogP contribution in [0.2, 0.25) is 5.15 Å². The summed E-state index contributed by atoms with van der Waals surface area (Å²) in [5.41, 5.74) is 0.454. The Morgan fingerprint density at radius 2 is 2.03 bits per heavy atom. The molecule has 1 N–H and O–H groups in total. The molecule has 0 saturated carbocycles. The van der Waals surface area contributed by atoms with E-state index in [0.29, 0.717) is 48.5 Å². The largest absolute Gasteiger partial charge is 0.467 e. The molecule has 1 saturated heterocycles. The summed E-state index contributed by atoms with van der Waals surface area (Å²) in [7, 11) is 0. The minimum Gasteiger partial charge on any atom is -0.467 e. The van der Waals surface area contributed by atoms with Gasteiger partial charge in [-0.1, -0.05) is 23.4 Å². The number of rotatable bonds is 7. The van der Waals surface area contributed by atoms with Gasteiger partial charge in [0.2, 0.25) is 5.91 Å². The second-order valence-electron chi connectivity index (χ2n) is 7.78. The number of thioether (sulfide) groups is 1. The van der Waals surface area contributed by atoms with Gasteiger partial charge in [-0.2, -0.15) is 0 Å². The zero-order valence-corrected chi connectivity index (χ0v) is 20.0. The Labute approximate surface area is 205 Å². The van der Waals surface area contributed by atoms with Crippen molar-refractivity contribution in [2.45, 2.75) is 24.7 Å². The van der Waals surface area contributed by atoms with E-state index in [0.717, 1.165) is 0 Å². The molecule has 3 aromatic rings. The zero-order chi connectivity index (χ0) is 24.1. The third-order valence-electron chi connectivity index (χ3n) is 5.34. The Bertz CT molecular complexity index is 1150. The summed E-state index contributed by atoms with van der Waals surface area (Å²) in [4.78, 5) is 37.6. The third-order valence-corrected chi connectivity index (χ3v) is 6.38. The molecule has 178 valence electrons. The first-order valence-electron chi connectivity index (χ1n) is 10.7. The van der Waals surface area contributed by atoms with Crippen molar-refractivity contribution in [3.05, 3.63) is 71.0 Å². The number of hydrogen-bond acceptors (Lipinski definition) is 7. The Balaban J connectivity index is 1.34. The number of nitrogens with zero attached hydrogens (tertiary/aromatic N) is 4. The normalized spacial score (nSPS) is 15.9. The molecular weight excluding hydrogens is 481 g/mol.